The molecule has 0 aliphatic heterocycles. The Morgan fingerprint density at radius 1 is 0.521 bits per heavy atom. The number of hydrogen-bond acceptors (Lipinski definition) is 19. The van der Waals surface area contributed by atoms with Crippen molar-refractivity contribution >= 4 is 35.8 Å². The first-order valence-corrected chi connectivity index (χ1v) is 13.1. The van der Waals surface area contributed by atoms with Crippen molar-refractivity contribution in [3.8, 4) is 0 Å². The average molecular weight is 765 g/mol. The summed E-state index contributed by atoms with van der Waals surface area (Å²) in [5.41, 5.74) is 0. The maximum Gasteiger partial charge on any atom is 1.00 e. The average Bonchev–Trinajstić information content (AvgIpc) is 2.94. The first-order valence-electron chi connectivity index (χ1n) is 13.1. The zero-order chi connectivity index (χ0) is 34.4. The number of rotatable bonds is 24. The van der Waals surface area contributed by atoms with Gasteiger partial charge in [0, 0.05) is 18.2 Å². The van der Waals surface area contributed by atoms with Crippen LogP contribution in [0.1, 0.15) is 27.7 Å². The molecule has 254 valence electrons. The number of aliphatic hydroxyl groups excluding tert-OH is 1. The third-order valence-electron chi connectivity index (χ3n) is 4.30. The number of carbonyl (C=O) groups is 6. The second-order valence-electron chi connectivity index (χ2n) is 8.84. The number of carbonyl (C=O) groups excluding carboxylic acids is 6. The first kappa shape index (κ1) is 55.4. The SMILES string of the molecule is CC(O)CON(CCN(OCC(C)OC(=O)/C=C\C(=O)[O-])OCC(C)OC(=O)/C=C\C(=O)[O-])OCC(C)OC(=O)/C=C\C(=O)[O-].[K+].[K+].[K+]. The van der Waals surface area contributed by atoms with Gasteiger partial charge in [0.2, 0.25) is 0 Å². The van der Waals surface area contributed by atoms with Crippen molar-refractivity contribution in [2.75, 3.05) is 39.5 Å². The molecule has 19 nitrogen and oxygen atoms in total. The fourth-order valence-corrected chi connectivity index (χ4v) is 2.47. The third-order valence-corrected chi connectivity index (χ3v) is 4.30. The van der Waals surface area contributed by atoms with E-state index < -0.39 is 60.2 Å². The predicted molar refractivity (Wildman–Crippen MR) is 138 cm³/mol. The normalized spacial score (nSPS) is 13.6. The molecule has 0 aliphatic rings. The predicted octanol–water partition coefficient (Wildman–Crippen LogP) is -13.6. The molecule has 4 atom stereocenters. The Balaban J connectivity index is -0.00000323. The van der Waals surface area contributed by atoms with Gasteiger partial charge in [0.05, 0.1) is 43.7 Å². The van der Waals surface area contributed by atoms with E-state index in [0.29, 0.717) is 36.5 Å². The van der Waals surface area contributed by atoms with E-state index in [4.69, 9.17) is 33.6 Å². The minimum atomic E-state index is -1.61. The van der Waals surface area contributed by atoms with Crippen LogP contribution in [-0.2, 0) is 62.3 Å². The molecule has 0 spiro atoms. The van der Waals surface area contributed by atoms with Gasteiger partial charge in [-0.3, -0.25) is 19.4 Å². The number of hydroxylamine groups is 4. The van der Waals surface area contributed by atoms with Gasteiger partial charge < -0.3 is 49.0 Å². The van der Waals surface area contributed by atoms with Gasteiger partial charge in [0.1, 0.15) is 38.1 Å². The van der Waals surface area contributed by atoms with Crippen LogP contribution in [0.4, 0.5) is 0 Å². The number of nitrogens with zero attached hydrogens (tertiary/aromatic N) is 2. The van der Waals surface area contributed by atoms with Crippen molar-refractivity contribution < 1.29 is 237 Å². The summed E-state index contributed by atoms with van der Waals surface area (Å²) in [5, 5.41) is 42.7. The van der Waals surface area contributed by atoms with Gasteiger partial charge in [-0.05, 0) is 45.9 Å². The Hall–Kier alpha value is 0.669. The molecule has 0 aromatic rings. The van der Waals surface area contributed by atoms with Crippen LogP contribution in [0, 0.1) is 0 Å². The van der Waals surface area contributed by atoms with E-state index in [-0.39, 0.29) is 194 Å². The Labute approximate surface area is 404 Å². The van der Waals surface area contributed by atoms with Gasteiger partial charge in [0.25, 0.3) is 0 Å². The number of hydrogen-bond donors (Lipinski definition) is 1. The van der Waals surface area contributed by atoms with Gasteiger partial charge in [-0.15, -0.1) is 0 Å². The maximum absolute atomic E-state index is 11.7. The molecule has 0 heterocycles. The van der Waals surface area contributed by atoms with Crippen LogP contribution in [0.15, 0.2) is 36.5 Å². The van der Waals surface area contributed by atoms with Crippen molar-refractivity contribution in [1.29, 1.82) is 0 Å². The largest absolute Gasteiger partial charge is 1.00 e. The molecular weight excluding hydrogens is 730 g/mol. The Morgan fingerprint density at radius 3 is 1.00 bits per heavy atom. The van der Waals surface area contributed by atoms with E-state index in [1.807, 2.05) is 0 Å². The van der Waals surface area contributed by atoms with E-state index in [1.165, 1.54) is 27.7 Å². The molecule has 0 saturated heterocycles. The van der Waals surface area contributed by atoms with Crippen LogP contribution in [0.5, 0.6) is 0 Å². The molecule has 48 heavy (non-hydrogen) atoms. The number of esters is 3. The summed E-state index contributed by atoms with van der Waals surface area (Å²) in [7, 11) is 0. The monoisotopic (exact) mass is 764 g/mol. The molecule has 0 aliphatic carbocycles. The molecule has 0 fully saturated rings. The fourth-order valence-electron chi connectivity index (χ4n) is 2.47. The maximum atomic E-state index is 11.7. The third kappa shape index (κ3) is 35.1. The number of ether oxygens (including phenoxy) is 3. The van der Waals surface area contributed by atoms with Crippen LogP contribution >= 0.6 is 0 Å². The van der Waals surface area contributed by atoms with Crippen molar-refractivity contribution in [2.45, 2.75) is 52.1 Å². The molecule has 0 aromatic carbocycles. The Kier molecular flexibility index (Phi) is 38.7. The molecule has 0 radical (unpaired) electrons. The number of carboxylic acids is 3. The van der Waals surface area contributed by atoms with E-state index in [0.717, 1.165) is 10.5 Å². The molecule has 0 bridgehead atoms. The molecule has 1 N–H and O–H groups in total. The molecule has 0 amide bonds. The summed E-state index contributed by atoms with van der Waals surface area (Å²) in [6.07, 6.45) is -0.318. The second kappa shape index (κ2) is 33.5. The zero-order valence-corrected chi connectivity index (χ0v) is 37.3. The summed E-state index contributed by atoms with van der Waals surface area (Å²) < 4.78 is 14.9. The van der Waals surface area contributed by atoms with Gasteiger partial charge in [0.15, 0.2) is 0 Å². The van der Waals surface area contributed by atoms with Crippen molar-refractivity contribution in [1.82, 2.24) is 10.5 Å². The van der Waals surface area contributed by atoms with Crippen LogP contribution in [0.2, 0.25) is 0 Å². The standard InChI is InChI=1S/C26H38N2O17.3K/c1-17(29)13-39-27(40-14-18(2)43-24(36)8-5-21(30)31)11-12-28(41-15-19(3)44-25(37)9-6-22(32)33)42-16-20(4)45-26(38)10-7-23(34)35;;;/h5-10,17-20,29H,11-16H2,1-4H3,(H,30,31)(H,32,33)(H,34,35);;;/q;3*+1/p-3/b8-5-,9-6-,10-7-;;;. The van der Waals surface area contributed by atoms with Gasteiger partial charge in [-0.1, -0.05) is 10.5 Å². The first-order chi connectivity index (χ1) is 21.1. The van der Waals surface area contributed by atoms with Crippen molar-refractivity contribution in [3.63, 3.8) is 0 Å². The number of aliphatic carboxylic acids is 3. The van der Waals surface area contributed by atoms with Crippen molar-refractivity contribution in [3.05, 3.63) is 36.5 Å². The van der Waals surface area contributed by atoms with E-state index >= 15 is 0 Å². The quantitative estimate of drug-likeness (QED) is 0.0314. The summed E-state index contributed by atoms with van der Waals surface area (Å²) in [6.45, 7) is 4.17. The summed E-state index contributed by atoms with van der Waals surface area (Å²) >= 11 is 0. The smallest absolute Gasteiger partial charge is 0.545 e. The van der Waals surface area contributed by atoms with Crippen LogP contribution < -0.4 is 169 Å². The van der Waals surface area contributed by atoms with Crippen LogP contribution in [0.25, 0.3) is 0 Å². The topological polar surface area (TPSA) is 263 Å². The van der Waals surface area contributed by atoms with Crippen molar-refractivity contribution in [2.24, 2.45) is 0 Å². The minimum absolute atomic E-state index is 0. The molecule has 4 unspecified atom stereocenters. The minimum Gasteiger partial charge on any atom is -0.545 e. The molecule has 22 heteroatoms. The van der Waals surface area contributed by atoms with Gasteiger partial charge in [-0.25, -0.2) is 14.4 Å². The summed E-state index contributed by atoms with van der Waals surface area (Å²) in [5.74, 6) is -7.78. The fraction of sp³-hybridized carbons (Fsp3) is 0.538. The number of carboxylic acid groups (broad SMARTS) is 3. The van der Waals surface area contributed by atoms with E-state index in [9.17, 15) is 49.2 Å². The van der Waals surface area contributed by atoms with Crippen LogP contribution in [-0.4, -0.2) is 115 Å². The zero-order valence-electron chi connectivity index (χ0n) is 27.9. The summed E-state index contributed by atoms with van der Waals surface area (Å²) in [4.78, 5) is 88.2. The van der Waals surface area contributed by atoms with E-state index in [2.05, 4.69) is 0 Å². The molecule has 0 aromatic heterocycles. The van der Waals surface area contributed by atoms with Gasteiger partial charge >= 0.3 is 172 Å². The molecule has 0 rings (SSSR count). The Bertz CT molecular complexity index is 1030. The van der Waals surface area contributed by atoms with Crippen LogP contribution in [0.3, 0.4) is 0 Å². The molecular formula is C26H35K3N2O17. The van der Waals surface area contributed by atoms with E-state index in [1.54, 1.807) is 0 Å². The number of aliphatic hydroxyl groups is 1. The van der Waals surface area contributed by atoms with Gasteiger partial charge in [-0.2, -0.15) is 0 Å². The Morgan fingerprint density at radius 2 is 0.771 bits per heavy atom. The summed E-state index contributed by atoms with van der Waals surface area (Å²) in [6, 6.07) is 0. The molecule has 0 saturated carbocycles. The second-order valence-corrected chi connectivity index (χ2v) is 8.84.